The SMILES string of the molecule is Cc1cccc(Cl)c1[N+]1(CCN2C(=O)c3ccccc3C2=O)Cc2cnc(Nc3ccccc3)nc2N(c2ccccc2)C1=O. The van der Waals surface area contributed by atoms with Crippen LogP contribution < -0.4 is 14.7 Å². The molecule has 10 heteroatoms. The van der Waals surface area contributed by atoms with Crippen molar-refractivity contribution in [3.8, 4) is 0 Å². The van der Waals surface area contributed by atoms with Gasteiger partial charge in [0.2, 0.25) is 5.95 Å². The average molecular weight is 616 g/mol. The third kappa shape index (κ3) is 4.82. The Morgan fingerprint density at radius 3 is 2.13 bits per heavy atom. The van der Waals surface area contributed by atoms with Gasteiger partial charge in [-0.3, -0.25) is 14.5 Å². The van der Waals surface area contributed by atoms with Crippen molar-refractivity contribution in [3.63, 3.8) is 0 Å². The molecule has 1 N–H and O–H groups in total. The smallest absolute Gasteiger partial charge is 0.324 e. The molecule has 9 nitrogen and oxygen atoms in total. The van der Waals surface area contributed by atoms with Gasteiger partial charge in [0.05, 0.1) is 28.9 Å². The highest BCUT2D eigenvalue weighted by molar-refractivity contribution is 6.34. The van der Waals surface area contributed by atoms with Crippen LogP contribution in [0.25, 0.3) is 0 Å². The van der Waals surface area contributed by atoms with E-state index in [2.05, 4.69) is 10.3 Å². The molecule has 0 aliphatic carbocycles. The molecule has 0 saturated heterocycles. The molecule has 4 amide bonds. The number of halogens is 1. The first kappa shape index (κ1) is 28.4. The number of benzene rings is 4. The number of hydrogen-bond acceptors (Lipinski definition) is 6. The second kappa shape index (κ2) is 11.3. The van der Waals surface area contributed by atoms with Crippen molar-refractivity contribution in [2.24, 2.45) is 0 Å². The van der Waals surface area contributed by atoms with E-state index < -0.39 is 0 Å². The minimum atomic E-state index is -0.380. The van der Waals surface area contributed by atoms with Gasteiger partial charge >= 0.3 is 6.03 Å². The zero-order chi connectivity index (χ0) is 31.1. The normalized spacial score (nSPS) is 17.3. The molecule has 0 fully saturated rings. The minimum absolute atomic E-state index is 0.00475. The number of urea groups is 1. The highest BCUT2D eigenvalue weighted by Crippen LogP contribution is 2.44. The number of carbonyl (C=O) groups is 3. The summed E-state index contributed by atoms with van der Waals surface area (Å²) in [5, 5.41) is 3.63. The first-order chi connectivity index (χ1) is 21.9. The maximum Gasteiger partial charge on any atom is 0.434 e. The average Bonchev–Trinajstić information content (AvgIpc) is 3.30. The van der Waals surface area contributed by atoms with Crippen molar-refractivity contribution >= 4 is 58.3 Å². The van der Waals surface area contributed by atoms with Crippen molar-refractivity contribution in [2.75, 3.05) is 23.3 Å². The van der Waals surface area contributed by atoms with E-state index in [0.29, 0.717) is 44.9 Å². The topological polar surface area (TPSA) is 95.5 Å². The molecule has 0 saturated carbocycles. The van der Waals surface area contributed by atoms with Crippen molar-refractivity contribution in [2.45, 2.75) is 13.5 Å². The fourth-order valence-corrected chi connectivity index (χ4v) is 6.59. The Balaban J connectivity index is 1.36. The van der Waals surface area contributed by atoms with E-state index >= 15 is 4.79 Å². The zero-order valence-electron chi connectivity index (χ0n) is 24.4. The first-order valence-electron chi connectivity index (χ1n) is 14.5. The standard InChI is InChI=1S/C35H28ClN6O3/c1-23-11-10-18-29(36)30(23)42(20-19-40-32(43)27-16-8-9-17-28(27)33(40)44)22-24-21-37-34(38-25-12-4-2-5-13-25)39-31(24)41(35(42)45)26-14-6-3-7-15-26/h2-18,21H,19-20,22H2,1H3,(H,37,38,39)/q+1. The van der Waals surface area contributed by atoms with E-state index in [0.717, 1.165) is 11.3 Å². The number of fused-ring (bicyclic) bond motifs is 2. The van der Waals surface area contributed by atoms with Crippen molar-refractivity contribution in [1.82, 2.24) is 19.4 Å². The van der Waals surface area contributed by atoms with E-state index in [-0.39, 0.29) is 42.0 Å². The second-order valence-corrected chi connectivity index (χ2v) is 11.5. The lowest BCUT2D eigenvalue weighted by Gasteiger charge is -2.43. The minimum Gasteiger partial charge on any atom is -0.324 e. The number of imide groups is 1. The van der Waals surface area contributed by atoms with Crippen LogP contribution in [0.15, 0.2) is 109 Å². The van der Waals surface area contributed by atoms with E-state index in [4.69, 9.17) is 16.6 Å². The largest absolute Gasteiger partial charge is 0.434 e. The number of aromatic nitrogens is 2. The van der Waals surface area contributed by atoms with Crippen LogP contribution in [0.4, 0.5) is 33.6 Å². The molecule has 2 aliphatic rings. The molecule has 4 aromatic carbocycles. The van der Waals surface area contributed by atoms with E-state index in [1.54, 1.807) is 41.4 Å². The van der Waals surface area contributed by atoms with Gasteiger partial charge in [0.15, 0.2) is 11.5 Å². The molecule has 2 aliphatic heterocycles. The van der Waals surface area contributed by atoms with Crippen molar-refractivity contribution in [1.29, 1.82) is 0 Å². The van der Waals surface area contributed by atoms with Crippen LogP contribution >= 0.6 is 11.6 Å². The summed E-state index contributed by atoms with van der Waals surface area (Å²) in [4.78, 5) is 54.1. The number of anilines is 4. The second-order valence-electron chi connectivity index (χ2n) is 11.0. The predicted octanol–water partition coefficient (Wildman–Crippen LogP) is 7.26. The van der Waals surface area contributed by atoms with Gasteiger partial charge in [-0.05, 0) is 49.4 Å². The Morgan fingerprint density at radius 2 is 1.47 bits per heavy atom. The molecule has 5 aromatic rings. The number of amides is 4. The van der Waals surface area contributed by atoms with Gasteiger partial charge in [0, 0.05) is 17.4 Å². The quantitative estimate of drug-likeness (QED) is 0.153. The first-order valence-corrected chi connectivity index (χ1v) is 14.9. The number of nitrogens with zero attached hydrogens (tertiary/aromatic N) is 5. The molecule has 7 rings (SSSR count). The summed E-state index contributed by atoms with van der Waals surface area (Å²) in [5.41, 5.74) is 4.24. The summed E-state index contributed by atoms with van der Waals surface area (Å²) in [7, 11) is 0. The highest BCUT2D eigenvalue weighted by atomic mass is 35.5. The lowest BCUT2D eigenvalue weighted by atomic mass is 10.1. The van der Waals surface area contributed by atoms with Crippen LogP contribution in [0.3, 0.4) is 0 Å². The van der Waals surface area contributed by atoms with Gasteiger partial charge in [0.1, 0.15) is 18.1 Å². The molecule has 0 radical (unpaired) electrons. The number of hydrogen-bond donors (Lipinski definition) is 1. The van der Waals surface area contributed by atoms with Gasteiger partial charge in [0.25, 0.3) is 11.8 Å². The van der Waals surface area contributed by atoms with Crippen molar-refractivity contribution < 1.29 is 14.4 Å². The molecule has 45 heavy (non-hydrogen) atoms. The highest BCUT2D eigenvalue weighted by Gasteiger charge is 2.52. The fourth-order valence-electron chi connectivity index (χ4n) is 6.20. The van der Waals surface area contributed by atoms with E-state index in [1.165, 1.54) is 4.90 Å². The number of nitrogens with one attached hydrogen (secondary N) is 1. The van der Waals surface area contributed by atoms with Gasteiger partial charge in [-0.2, -0.15) is 4.98 Å². The lowest BCUT2D eigenvalue weighted by molar-refractivity contribution is 0.0640. The van der Waals surface area contributed by atoms with Gasteiger partial charge in [-0.1, -0.05) is 72.3 Å². The molecular weight excluding hydrogens is 588 g/mol. The Hall–Kier alpha value is -5.38. The molecule has 1 unspecified atom stereocenters. The van der Waals surface area contributed by atoms with Crippen LogP contribution in [0.2, 0.25) is 5.02 Å². The molecule has 0 bridgehead atoms. The third-order valence-corrected chi connectivity index (χ3v) is 8.60. The number of quaternary nitrogens is 1. The molecule has 1 aromatic heterocycles. The van der Waals surface area contributed by atoms with E-state index in [9.17, 15) is 9.59 Å². The van der Waals surface area contributed by atoms with Crippen LogP contribution in [-0.4, -0.2) is 45.8 Å². The molecule has 1 atom stereocenters. The van der Waals surface area contributed by atoms with Gasteiger partial charge in [-0.25, -0.2) is 19.2 Å². The third-order valence-electron chi connectivity index (χ3n) is 8.30. The number of rotatable bonds is 7. The van der Waals surface area contributed by atoms with Crippen LogP contribution in [0.5, 0.6) is 0 Å². The number of para-hydroxylation sites is 3. The van der Waals surface area contributed by atoms with Crippen LogP contribution in [0, 0.1) is 6.92 Å². The Labute approximate surface area is 264 Å². The van der Waals surface area contributed by atoms with Crippen molar-refractivity contribution in [3.05, 3.63) is 137 Å². The Kier molecular flexibility index (Phi) is 7.12. The van der Waals surface area contributed by atoms with Crippen LogP contribution in [-0.2, 0) is 6.54 Å². The van der Waals surface area contributed by atoms with Gasteiger partial charge in [-0.15, -0.1) is 0 Å². The maximum atomic E-state index is 15.1. The molecule has 3 heterocycles. The number of carbonyl (C=O) groups excluding carboxylic acids is 3. The summed E-state index contributed by atoms with van der Waals surface area (Å²) in [5.74, 6) is 0.0242. The Bertz CT molecular complexity index is 1910. The summed E-state index contributed by atoms with van der Waals surface area (Å²) in [6.07, 6.45) is 1.72. The number of aryl methyl sites for hydroxylation is 1. The molecular formula is C35H28ClN6O3+. The predicted molar refractivity (Wildman–Crippen MR) is 174 cm³/mol. The van der Waals surface area contributed by atoms with Crippen LogP contribution in [0.1, 0.15) is 31.8 Å². The summed E-state index contributed by atoms with van der Waals surface area (Å²) >= 11 is 6.90. The Morgan fingerprint density at radius 1 is 0.822 bits per heavy atom. The fraction of sp³-hybridized carbons (Fsp3) is 0.114. The monoisotopic (exact) mass is 615 g/mol. The van der Waals surface area contributed by atoms with Gasteiger partial charge < -0.3 is 5.32 Å². The summed E-state index contributed by atoms with van der Waals surface area (Å²) in [6.45, 7) is 2.15. The maximum absolute atomic E-state index is 15.1. The summed E-state index contributed by atoms with van der Waals surface area (Å²) in [6, 6.07) is 30.8. The zero-order valence-corrected chi connectivity index (χ0v) is 25.1. The lowest BCUT2D eigenvalue weighted by Crippen LogP contribution is -2.64. The van der Waals surface area contributed by atoms with E-state index in [1.807, 2.05) is 79.7 Å². The summed E-state index contributed by atoms with van der Waals surface area (Å²) < 4.78 is -0.282. The molecule has 222 valence electrons. The molecule has 0 spiro atoms.